The van der Waals surface area contributed by atoms with Gasteiger partial charge in [-0.1, -0.05) is 0 Å². The van der Waals surface area contributed by atoms with E-state index in [1.54, 1.807) is 10.9 Å². The molecular formula is C19H21ClN6O3. The Morgan fingerprint density at radius 1 is 1.38 bits per heavy atom. The van der Waals surface area contributed by atoms with Gasteiger partial charge in [0, 0.05) is 6.20 Å². The van der Waals surface area contributed by atoms with Crippen molar-refractivity contribution in [1.29, 1.82) is 0 Å². The molecule has 1 saturated carbocycles. The lowest BCUT2D eigenvalue weighted by molar-refractivity contribution is -0.00203. The van der Waals surface area contributed by atoms with Crippen LogP contribution in [0.2, 0.25) is 5.28 Å². The molecule has 152 valence electrons. The zero-order chi connectivity index (χ0) is 20.4. The third kappa shape index (κ3) is 4.15. The summed E-state index contributed by atoms with van der Waals surface area (Å²) < 4.78 is 12.4. The van der Waals surface area contributed by atoms with Gasteiger partial charge in [-0.05, 0) is 55.5 Å². The summed E-state index contributed by atoms with van der Waals surface area (Å²) in [5.41, 5.74) is 1.97. The number of aryl methyl sites for hydroxylation is 1. The molecule has 0 radical (unpaired) electrons. The second kappa shape index (κ2) is 8.30. The second-order valence-corrected chi connectivity index (χ2v) is 7.21. The maximum atomic E-state index is 12.2. The lowest BCUT2D eigenvalue weighted by atomic mass is 9.96. The summed E-state index contributed by atoms with van der Waals surface area (Å²) in [4.78, 5) is 25.1. The Balaban J connectivity index is 1.74. The topological polar surface area (TPSA) is 104 Å². The predicted octanol–water partition coefficient (Wildman–Crippen LogP) is 3.28. The smallest absolute Gasteiger partial charge is 0.360 e. The van der Waals surface area contributed by atoms with Crippen LogP contribution < -0.4 is 5.32 Å². The Hall–Kier alpha value is -2.78. The minimum absolute atomic E-state index is 0.0110. The Bertz CT molecular complexity index is 1050. The molecule has 0 aliphatic heterocycles. The molecule has 4 rings (SSSR count). The van der Waals surface area contributed by atoms with E-state index in [1.807, 2.05) is 19.1 Å². The molecule has 0 aromatic carbocycles. The van der Waals surface area contributed by atoms with Crippen LogP contribution in [0.1, 0.15) is 35.3 Å². The first-order chi connectivity index (χ1) is 14.0. The highest BCUT2D eigenvalue weighted by Crippen LogP contribution is 2.28. The number of carbonyl (C=O) groups excluding carboxylic acids is 1. The van der Waals surface area contributed by atoms with E-state index in [0.29, 0.717) is 41.9 Å². The second-order valence-electron chi connectivity index (χ2n) is 6.87. The lowest BCUT2D eigenvalue weighted by Crippen LogP contribution is -2.23. The molecule has 0 unspecified atom stereocenters. The van der Waals surface area contributed by atoms with Gasteiger partial charge in [0.05, 0.1) is 26.4 Å². The summed E-state index contributed by atoms with van der Waals surface area (Å²) in [6, 6.07) is 3.77. The number of esters is 1. The number of methoxy groups -OCH3 is 1. The third-order valence-electron chi connectivity index (χ3n) is 4.81. The van der Waals surface area contributed by atoms with Crippen molar-refractivity contribution in [2.45, 2.75) is 38.8 Å². The molecule has 1 aliphatic carbocycles. The number of carbonyl (C=O) groups is 1. The van der Waals surface area contributed by atoms with Gasteiger partial charge in [-0.25, -0.2) is 14.8 Å². The fraction of sp³-hybridized carbons (Fsp3) is 0.421. The van der Waals surface area contributed by atoms with E-state index in [9.17, 15) is 4.79 Å². The molecule has 0 atom stereocenters. The first kappa shape index (κ1) is 19.5. The van der Waals surface area contributed by atoms with E-state index in [-0.39, 0.29) is 11.0 Å². The number of nitrogens with zero attached hydrogens (tertiary/aromatic N) is 5. The molecular weight excluding hydrogens is 396 g/mol. The summed E-state index contributed by atoms with van der Waals surface area (Å²) in [6.07, 6.45) is 5.36. The maximum Gasteiger partial charge on any atom is 0.360 e. The fourth-order valence-electron chi connectivity index (χ4n) is 3.11. The van der Waals surface area contributed by atoms with Crippen molar-refractivity contribution in [3.63, 3.8) is 0 Å². The fourth-order valence-corrected chi connectivity index (χ4v) is 3.28. The van der Waals surface area contributed by atoms with Gasteiger partial charge in [0.15, 0.2) is 11.5 Å². The molecule has 0 amide bonds. The zero-order valence-corrected chi connectivity index (χ0v) is 16.9. The van der Waals surface area contributed by atoms with Crippen molar-refractivity contribution in [2.24, 2.45) is 0 Å². The van der Waals surface area contributed by atoms with Crippen LogP contribution in [0.25, 0.3) is 11.0 Å². The van der Waals surface area contributed by atoms with Gasteiger partial charge < -0.3 is 14.8 Å². The number of anilines is 2. The standard InChI is InChI=1S/C19H21ClN6O3/c1-11-6-7-21-13(10-11)22-17-16-14(23-19(20)24-17)15(18(27)28-2)25-26(16)8-9-29-12-4-3-5-12/h6-7,10,12H,3-5,8-9H2,1-2H3,(H,21,22,23,24). The summed E-state index contributed by atoms with van der Waals surface area (Å²) >= 11 is 6.13. The summed E-state index contributed by atoms with van der Waals surface area (Å²) in [5.74, 6) is 0.409. The number of rotatable bonds is 7. The van der Waals surface area contributed by atoms with Crippen LogP contribution in [0.3, 0.4) is 0 Å². The first-order valence-electron chi connectivity index (χ1n) is 9.39. The van der Waals surface area contributed by atoms with E-state index < -0.39 is 5.97 Å². The molecule has 9 nitrogen and oxygen atoms in total. The molecule has 1 N–H and O–H groups in total. The van der Waals surface area contributed by atoms with E-state index >= 15 is 0 Å². The molecule has 0 bridgehead atoms. The minimum Gasteiger partial charge on any atom is -0.464 e. The van der Waals surface area contributed by atoms with Crippen molar-refractivity contribution in [1.82, 2.24) is 24.7 Å². The highest BCUT2D eigenvalue weighted by molar-refractivity contribution is 6.29. The van der Waals surface area contributed by atoms with Gasteiger partial charge >= 0.3 is 5.97 Å². The number of ether oxygens (including phenoxy) is 2. The van der Waals surface area contributed by atoms with Crippen molar-refractivity contribution in [3.8, 4) is 0 Å². The normalized spacial score (nSPS) is 14.0. The maximum absolute atomic E-state index is 12.2. The molecule has 3 aromatic heterocycles. The van der Waals surface area contributed by atoms with E-state index in [2.05, 4.69) is 25.4 Å². The minimum atomic E-state index is -0.594. The highest BCUT2D eigenvalue weighted by atomic mass is 35.5. The lowest BCUT2D eigenvalue weighted by Gasteiger charge is -2.25. The van der Waals surface area contributed by atoms with E-state index in [0.717, 1.165) is 18.4 Å². The van der Waals surface area contributed by atoms with E-state index in [1.165, 1.54) is 13.5 Å². The SMILES string of the molecule is COC(=O)c1nn(CCOC2CCC2)c2c(Nc3cc(C)ccn3)nc(Cl)nc12. The van der Waals surface area contributed by atoms with Gasteiger partial charge in [0.1, 0.15) is 16.9 Å². The van der Waals surface area contributed by atoms with Crippen molar-refractivity contribution >= 4 is 40.2 Å². The van der Waals surface area contributed by atoms with Crippen LogP contribution in [0.4, 0.5) is 11.6 Å². The Labute approximate surface area is 172 Å². The number of pyridine rings is 1. The monoisotopic (exact) mass is 416 g/mol. The molecule has 0 saturated heterocycles. The van der Waals surface area contributed by atoms with Crippen molar-refractivity contribution in [3.05, 3.63) is 34.9 Å². The number of aromatic nitrogens is 5. The van der Waals surface area contributed by atoms with Gasteiger partial charge in [-0.2, -0.15) is 10.1 Å². The summed E-state index contributed by atoms with van der Waals surface area (Å²) in [7, 11) is 1.30. The van der Waals surface area contributed by atoms with Gasteiger partial charge in [0.2, 0.25) is 5.28 Å². The Morgan fingerprint density at radius 2 is 2.21 bits per heavy atom. The van der Waals surface area contributed by atoms with Gasteiger partial charge in [-0.3, -0.25) is 4.68 Å². The third-order valence-corrected chi connectivity index (χ3v) is 4.98. The highest BCUT2D eigenvalue weighted by Gasteiger charge is 2.24. The average molecular weight is 417 g/mol. The average Bonchev–Trinajstić information content (AvgIpc) is 3.01. The van der Waals surface area contributed by atoms with Crippen LogP contribution >= 0.6 is 11.6 Å². The summed E-state index contributed by atoms with van der Waals surface area (Å²) in [5, 5.41) is 7.55. The molecule has 3 aromatic rings. The Morgan fingerprint density at radius 3 is 2.90 bits per heavy atom. The molecule has 1 fully saturated rings. The number of nitrogens with one attached hydrogen (secondary N) is 1. The van der Waals surface area contributed by atoms with Crippen LogP contribution in [0.5, 0.6) is 0 Å². The number of halogens is 1. The van der Waals surface area contributed by atoms with Crippen molar-refractivity contribution in [2.75, 3.05) is 19.0 Å². The van der Waals surface area contributed by atoms with Crippen LogP contribution in [-0.2, 0) is 16.0 Å². The molecule has 1 aliphatic rings. The number of hydrogen-bond acceptors (Lipinski definition) is 8. The molecule has 29 heavy (non-hydrogen) atoms. The molecule has 0 spiro atoms. The predicted molar refractivity (Wildman–Crippen MR) is 108 cm³/mol. The first-order valence-corrected chi connectivity index (χ1v) is 9.76. The Kier molecular flexibility index (Phi) is 5.59. The summed E-state index contributed by atoms with van der Waals surface area (Å²) in [6.45, 7) is 2.87. The zero-order valence-electron chi connectivity index (χ0n) is 16.2. The van der Waals surface area contributed by atoms with Crippen LogP contribution in [0, 0.1) is 6.92 Å². The molecule has 3 heterocycles. The largest absolute Gasteiger partial charge is 0.464 e. The number of fused-ring (bicyclic) bond motifs is 1. The van der Waals surface area contributed by atoms with Gasteiger partial charge in [-0.15, -0.1) is 0 Å². The quantitative estimate of drug-likeness (QED) is 0.462. The van der Waals surface area contributed by atoms with Crippen molar-refractivity contribution < 1.29 is 14.3 Å². The van der Waals surface area contributed by atoms with Crippen LogP contribution in [0.15, 0.2) is 18.3 Å². The molecule has 10 heteroatoms. The van der Waals surface area contributed by atoms with E-state index in [4.69, 9.17) is 21.1 Å². The van der Waals surface area contributed by atoms with Gasteiger partial charge in [0.25, 0.3) is 0 Å². The number of hydrogen-bond donors (Lipinski definition) is 1. The van der Waals surface area contributed by atoms with Crippen LogP contribution in [-0.4, -0.2) is 50.5 Å².